The Bertz CT molecular complexity index is 722. The van der Waals surface area contributed by atoms with Gasteiger partial charge >= 0.3 is 12.1 Å². The maximum absolute atomic E-state index is 12.5. The molecule has 2 saturated heterocycles. The van der Waals surface area contributed by atoms with E-state index in [1.165, 1.54) is 12.8 Å². The summed E-state index contributed by atoms with van der Waals surface area (Å²) in [6.45, 7) is 7.47. The van der Waals surface area contributed by atoms with Crippen molar-refractivity contribution in [2.75, 3.05) is 31.9 Å². The normalized spacial score (nSPS) is 28.4. The van der Waals surface area contributed by atoms with E-state index in [0.717, 1.165) is 26.1 Å². The zero-order valence-corrected chi connectivity index (χ0v) is 18.1. The highest BCUT2D eigenvalue weighted by Crippen LogP contribution is 2.37. The Kier molecular flexibility index (Phi) is 8.17. The molecular weight excluding hydrogens is 425 g/mol. The number of nitrogens with zero attached hydrogens (tertiary/aromatic N) is 1. The number of hydrogen-bond acceptors (Lipinski definition) is 5. The molecule has 0 aromatic carbocycles. The second-order valence-corrected chi connectivity index (χ2v) is 11.2. The Morgan fingerprint density at radius 3 is 2.27 bits per heavy atom. The second kappa shape index (κ2) is 9.84. The van der Waals surface area contributed by atoms with Gasteiger partial charge in [0.1, 0.15) is 0 Å². The summed E-state index contributed by atoms with van der Waals surface area (Å²) in [6, 6.07) is 0. The number of carboxylic acid groups (broad SMARTS) is 1. The van der Waals surface area contributed by atoms with E-state index in [1.807, 2.05) is 0 Å². The van der Waals surface area contributed by atoms with Gasteiger partial charge in [-0.05, 0) is 44.1 Å². The van der Waals surface area contributed by atoms with Crippen molar-refractivity contribution >= 4 is 21.7 Å². The van der Waals surface area contributed by atoms with Crippen molar-refractivity contribution in [1.82, 2.24) is 10.2 Å². The molecule has 0 bridgehead atoms. The molecule has 11 heteroatoms. The van der Waals surface area contributed by atoms with Gasteiger partial charge in [0.2, 0.25) is 5.91 Å². The van der Waals surface area contributed by atoms with Gasteiger partial charge in [-0.25, -0.2) is 13.2 Å². The fourth-order valence-corrected chi connectivity index (χ4v) is 6.08. The molecule has 2 aliphatic heterocycles. The van der Waals surface area contributed by atoms with Crippen LogP contribution in [0.2, 0.25) is 0 Å². The van der Waals surface area contributed by atoms with E-state index in [2.05, 4.69) is 24.1 Å². The third-order valence-corrected chi connectivity index (χ3v) is 8.17. The van der Waals surface area contributed by atoms with E-state index in [9.17, 15) is 26.4 Å². The lowest BCUT2D eigenvalue weighted by atomic mass is 9.87. The monoisotopic (exact) mass is 456 g/mol. The van der Waals surface area contributed by atoms with Gasteiger partial charge in [0.15, 0.2) is 9.84 Å². The van der Waals surface area contributed by atoms with E-state index >= 15 is 0 Å². The molecule has 0 radical (unpaired) electrons. The fourth-order valence-electron chi connectivity index (χ4n) is 3.95. The highest BCUT2D eigenvalue weighted by Gasteiger charge is 2.50. The van der Waals surface area contributed by atoms with Crippen LogP contribution in [0.1, 0.15) is 39.5 Å². The smallest absolute Gasteiger partial charge is 0.475 e. The molecule has 3 rings (SSSR count). The first kappa shape index (κ1) is 24.9. The van der Waals surface area contributed by atoms with Crippen LogP contribution in [0, 0.1) is 23.7 Å². The van der Waals surface area contributed by atoms with Gasteiger partial charge in [-0.3, -0.25) is 4.79 Å². The van der Waals surface area contributed by atoms with E-state index in [1.54, 1.807) is 0 Å². The van der Waals surface area contributed by atoms with Crippen LogP contribution in [-0.2, 0) is 19.4 Å². The summed E-state index contributed by atoms with van der Waals surface area (Å²) >= 11 is 0. The lowest BCUT2D eigenvalue weighted by Gasteiger charge is -2.31. The molecule has 0 spiro atoms. The number of halogens is 3. The van der Waals surface area contributed by atoms with Crippen molar-refractivity contribution in [1.29, 1.82) is 0 Å². The third-order valence-electron chi connectivity index (χ3n) is 5.94. The number of carbonyl (C=O) groups excluding carboxylic acids is 1. The Hall–Kier alpha value is -1.36. The van der Waals surface area contributed by atoms with Crippen LogP contribution in [0.4, 0.5) is 13.2 Å². The van der Waals surface area contributed by atoms with Gasteiger partial charge < -0.3 is 15.3 Å². The third kappa shape index (κ3) is 7.11. The standard InChI is InChI=1S/C17H30N2O3S.C2HF3O2/c1-12(2)5-7-19-10-15-14(17(20)18-9-13-3-4-13)6-8-23(21,22)16(15)11-19;3-2(4,5)1(6)7/h12-16H,3-11H2,1-2H3,(H,18,20);(H,6,7)/t14-,15+,16+;/m0./s1. The number of carbonyl (C=O) groups is 2. The van der Waals surface area contributed by atoms with E-state index in [4.69, 9.17) is 9.90 Å². The quantitative estimate of drug-likeness (QED) is 0.633. The zero-order chi connectivity index (χ0) is 22.7. The molecule has 1 aliphatic carbocycles. The van der Waals surface area contributed by atoms with E-state index in [0.29, 0.717) is 24.8 Å². The minimum absolute atomic E-state index is 0.0138. The average molecular weight is 457 g/mol. The van der Waals surface area contributed by atoms with Gasteiger partial charge in [-0.2, -0.15) is 13.2 Å². The maximum atomic E-state index is 12.5. The van der Waals surface area contributed by atoms with E-state index < -0.39 is 22.0 Å². The number of amides is 1. The van der Waals surface area contributed by atoms with Crippen molar-refractivity contribution in [3.05, 3.63) is 0 Å². The number of alkyl halides is 3. The van der Waals surface area contributed by atoms with Crippen LogP contribution >= 0.6 is 0 Å². The van der Waals surface area contributed by atoms with Gasteiger partial charge in [0.25, 0.3) is 0 Å². The lowest BCUT2D eigenvalue weighted by molar-refractivity contribution is -0.192. The number of likely N-dealkylation sites (tertiary alicyclic amines) is 1. The minimum Gasteiger partial charge on any atom is -0.475 e. The summed E-state index contributed by atoms with van der Waals surface area (Å²) in [5.74, 6) is -1.35. The van der Waals surface area contributed by atoms with Crippen molar-refractivity contribution in [3.8, 4) is 0 Å². The molecule has 2 heterocycles. The van der Waals surface area contributed by atoms with Crippen LogP contribution < -0.4 is 5.32 Å². The van der Waals surface area contributed by atoms with Gasteiger partial charge in [-0.1, -0.05) is 13.8 Å². The Morgan fingerprint density at radius 2 is 1.77 bits per heavy atom. The highest BCUT2D eigenvalue weighted by molar-refractivity contribution is 7.92. The second-order valence-electron chi connectivity index (χ2n) is 8.90. The number of rotatable bonds is 6. The first-order valence-electron chi connectivity index (χ1n) is 10.3. The molecule has 30 heavy (non-hydrogen) atoms. The van der Waals surface area contributed by atoms with Crippen molar-refractivity contribution in [3.63, 3.8) is 0 Å². The molecule has 3 atom stereocenters. The average Bonchev–Trinajstić information content (AvgIpc) is 3.34. The first-order valence-corrected chi connectivity index (χ1v) is 12.0. The van der Waals surface area contributed by atoms with Crippen LogP contribution in [0.3, 0.4) is 0 Å². The predicted molar refractivity (Wildman–Crippen MR) is 104 cm³/mol. The van der Waals surface area contributed by atoms with Gasteiger partial charge in [0.05, 0.1) is 11.0 Å². The number of aliphatic carboxylic acids is 1. The SMILES string of the molecule is CC(C)CCN1C[C@@H]2[C@@H](C(=O)NCC3CC3)CCS(=O)(=O)[C@@H]2C1.O=C(O)C(F)(F)F. The number of sulfone groups is 1. The van der Waals surface area contributed by atoms with Gasteiger partial charge in [-0.15, -0.1) is 0 Å². The molecule has 1 saturated carbocycles. The summed E-state index contributed by atoms with van der Waals surface area (Å²) in [6.07, 6.45) is -1.07. The molecule has 0 aromatic heterocycles. The predicted octanol–water partition coefficient (Wildman–Crippen LogP) is 1.93. The molecule has 3 fully saturated rings. The van der Waals surface area contributed by atoms with Gasteiger partial charge in [0, 0.05) is 31.5 Å². The number of carboxylic acids is 1. The summed E-state index contributed by atoms with van der Waals surface area (Å²) in [5.41, 5.74) is 0. The summed E-state index contributed by atoms with van der Waals surface area (Å²) in [5, 5.41) is 9.86. The topological polar surface area (TPSA) is 104 Å². The summed E-state index contributed by atoms with van der Waals surface area (Å²) in [7, 11) is -3.04. The molecule has 174 valence electrons. The molecular formula is C19H31F3N2O5S. The Balaban J connectivity index is 0.000000396. The van der Waals surface area contributed by atoms with Crippen molar-refractivity contribution < 1.29 is 36.3 Å². The molecule has 2 N–H and O–H groups in total. The lowest BCUT2D eigenvalue weighted by Crippen LogP contribution is -2.47. The highest BCUT2D eigenvalue weighted by atomic mass is 32.2. The number of fused-ring (bicyclic) bond motifs is 1. The molecule has 0 aromatic rings. The molecule has 0 unspecified atom stereocenters. The largest absolute Gasteiger partial charge is 0.490 e. The molecule has 3 aliphatic rings. The van der Waals surface area contributed by atoms with Crippen LogP contribution in [0.25, 0.3) is 0 Å². The maximum Gasteiger partial charge on any atom is 0.490 e. The Labute approximate surface area is 175 Å². The van der Waals surface area contributed by atoms with E-state index in [-0.39, 0.29) is 28.7 Å². The van der Waals surface area contributed by atoms with Crippen LogP contribution in [-0.4, -0.2) is 73.7 Å². The zero-order valence-electron chi connectivity index (χ0n) is 17.3. The summed E-state index contributed by atoms with van der Waals surface area (Å²) < 4.78 is 56.6. The first-order chi connectivity index (χ1) is 13.8. The minimum atomic E-state index is -5.08. The molecule has 7 nitrogen and oxygen atoms in total. The number of nitrogens with one attached hydrogen (secondary N) is 1. The van der Waals surface area contributed by atoms with Crippen molar-refractivity contribution in [2.24, 2.45) is 23.7 Å². The Morgan fingerprint density at radius 1 is 1.17 bits per heavy atom. The fraction of sp³-hybridized carbons (Fsp3) is 0.895. The number of hydrogen-bond donors (Lipinski definition) is 2. The van der Waals surface area contributed by atoms with Crippen LogP contribution in [0.5, 0.6) is 0 Å². The van der Waals surface area contributed by atoms with Crippen molar-refractivity contribution in [2.45, 2.75) is 51.0 Å². The molecule has 1 amide bonds. The summed E-state index contributed by atoms with van der Waals surface area (Å²) in [4.78, 5) is 23.7. The van der Waals surface area contributed by atoms with Crippen LogP contribution in [0.15, 0.2) is 0 Å².